The quantitative estimate of drug-likeness (QED) is 0.275. The Morgan fingerprint density at radius 3 is 2.51 bits per heavy atom. The third-order valence-electron chi connectivity index (χ3n) is 9.75. The highest BCUT2D eigenvalue weighted by Gasteiger charge is 2.44. The largest absolute Gasteiger partial charge is 0.385 e. The number of nitrogens with zero attached hydrogens (tertiary/aromatic N) is 5. The lowest BCUT2D eigenvalue weighted by Crippen LogP contribution is -2.54. The topological polar surface area (TPSA) is 131 Å². The minimum absolute atomic E-state index is 0.0978. The van der Waals surface area contributed by atoms with Crippen molar-refractivity contribution in [3.63, 3.8) is 0 Å². The Morgan fingerprint density at radius 2 is 1.76 bits per heavy atom. The van der Waals surface area contributed by atoms with Gasteiger partial charge in [0, 0.05) is 48.6 Å². The normalized spacial score (nSPS) is 23.1. The van der Waals surface area contributed by atoms with Crippen LogP contribution in [0.15, 0.2) is 48.8 Å². The van der Waals surface area contributed by atoms with E-state index in [0.29, 0.717) is 23.9 Å². The SMILES string of the molecule is CC(C)n1ccc2nc(-c3cn([C@H]4C[C@H](CNc5ccc6c(c5)C(=O)N(C5CCC(=O)NC5=O)C6=O)C4)nc3C3CC3)ccc21. The molecule has 2 saturated carbocycles. The molecule has 0 radical (unpaired) electrons. The van der Waals surface area contributed by atoms with Gasteiger partial charge in [-0.2, -0.15) is 5.10 Å². The Balaban J connectivity index is 0.923. The first-order valence-corrected chi connectivity index (χ1v) is 15.9. The van der Waals surface area contributed by atoms with Gasteiger partial charge in [0.2, 0.25) is 11.8 Å². The van der Waals surface area contributed by atoms with E-state index in [9.17, 15) is 19.2 Å². The molecule has 4 aromatic rings. The van der Waals surface area contributed by atoms with Crippen LogP contribution in [0.1, 0.15) is 96.8 Å². The second-order valence-electron chi connectivity index (χ2n) is 13.2. The van der Waals surface area contributed by atoms with Crippen LogP contribution in [0.3, 0.4) is 0 Å². The summed E-state index contributed by atoms with van der Waals surface area (Å²) < 4.78 is 4.39. The van der Waals surface area contributed by atoms with Crippen LogP contribution in [0.2, 0.25) is 0 Å². The van der Waals surface area contributed by atoms with Crippen LogP contribution >= 0.6 is 0 Å². The molecule has 1 saturated heterocycles. The van der Waals surface area contributed by atoms with Crippen molar-refractivity contribution < 1.29 is 19.2 Å². The Bertz CT molecular complexity index is 1900. The summed E-state index contributed by atoms with van der Waals surface area (Å²) in [5, 5.41) is 10.8. The molecule has 5 heterocycles. The average molecular weight is 606 g/mol. The van der Waals surface area contributed by atoms with Crippen molar-refractivity contribution >= 4 is 40.3 Å². The third-order valence-corrected chi connectivity index (χ3v) is 9.75. The monoisotopic (exact) mass is 605 g/mol. The van der Waals surface area contributed by atoms with E-state index in [0.717, 1.165) is 58.0 Å². The summed E-state index contributed by atoms with van der Waals surface area (Å²) >= 11 is 0. The van der Waals surface area contributed by atoms with Gasteiger partial charge in [-0.15, -0.1) is 0 Å². The number of aromatic nitrogens is 4. The highest BCUT2D eigenvalue weighted by Crippen LogP contribution is 2.46. The molecule has 11 nitrogen and oxygen atoms in total. The average Bonchev–Trinajstić information content (AvgIpc) is 3.52. The molecule has 11 heteroatoms. The number of hydrogen-bond acceptors (Lipinski definition) is 7. The molecule has 4 aliphatic rings. The van der Waals surface area contributed by atoms with E-state index in [4.69, 9.17) is 10.1 Å². The van der Waals surface area contributed by atoms with Gasteiger partial charge >= 0.3 is 0 Å². The summed E-state index contributed by atoms with van der Waals surface area (Å²) in [5.41, 5.74) is 6.76. The van der Waals surface area contributed by atoms with Crippen LogP contribution in [0.5, 0.6) is 0 Å². The number of anilines is 1. The second-order valence-corrected chi connectivity index (χ2v) is 13.2. The smallest absolute Gasteiger partial charge is 0.262 e. The molecule has 8 rings (SSSR count). The Morgan fingerprint density at radius 1 is 0.956 bits per heavy atom. The number of benzene rings is 1. The maximum atomic E-state index is 13.2. The summed E-state index contributed by atoms with van der Waals surface area (Å²) in [6.07, 6.45) is 8.87. The molecule has 3 aromatic heterocycles. The van der Waals surface area contributed by atoms with Gasteiger partial charge in [-0.25, -0.2) is 4.98 Å². The number of fused-ring (bicyclic) bond motifs is 2. The number of carbonyl (C=O) groups excluding carboxylic acids is 4. The Hall–Kier alpha value is -4.80. The van der Waals surface area contributed by atoms with Crippen LogP contribution < -0.4 is 10.6 Å². The van der Waals surface area contributed by atoms with Crippen LogP contribution in [0.25, 0.3) is 22.3 Å². The predicted molar refractivity (Wildman–Crippen MR) is 167 cm³/mol. The molecule has 3 fully saturated rings. The lowest BCUT2D eigenvalue weighted by Gasteiger charge is -2.35. The van der Waals surface area contributed by atoms with E-state index < -0.39 is 23.8 Å². The molecular formula is C34H35N7O4. The lowest BCUT2D eigenvalue weighted by atomic mass is 9.80. The van der Waals surface area contributed by atoms with Gasteiger partial charge in [-0.05, 0) is 88.3 Å². The number of amides is 4. The van der Waals surface area contributed by atoms with E-state index in [1.165, 1.54) is 12.8 Å². The van der Waals surface area contributed by atoms with Crippen molar-refractivity contribution in [2.24, 2.45) is 5.92 Å². The number of hydrogen-bond donors (Lipinski definition) is 2. The van der Waals surface area contributed by atoms with E-state index in [1.807, 2.05) is 0 Å². The fourth-order valence-electron chi connectivity index (χ4n) is 7.01. The minimum atomic E-state index is -0.966. The zero-order chi connectivity index (χ0) is 31.0. The van der Waals surface area contributed by atoms with Crippen molar-refractivity contribution in [2.75, 3.05) is 11.9 Å². The fraction of sp³-hybridized carbons (Fsp3) is 0.412. The van der Waals surface area contributed by atoms with Gasteiger partial charge in [0.25, 0.3) is 11.8 Å². The van der Waals surface area contributed by atoms with Crippen molar-refractivity contribution in [3.8, 4) is 11.3 Å². The number of piperidine rings is 1. The number of nitrogens with one attached hydrogen (secondary N) is 2. The van der Waals surface area contributed by atoms with Gasteiger partial charge in [0.1, 0.15) is 6.04 Å². The maximum Gasteiger partial charge on any atom is 0.262 e. The highest BCUT2D eigenvalue weighted by atomic mass is 16.2. The molecule has 45 heavy (non-hydrogen) atoms. The summed E-state index contributed by atoms with van der Waals surface area (Å²) in [7, 11) is 0. The van der Waals surface area contributed by atoms with Crippen molar-refractivity contribution in [3.05, 3.63) is 65.6 Å². The molecular weight excluding hydrogens is 570 g/mol. The van der Waals surface area contributed by atoms with Gasteiger partial charge in [-0.1, -0.05) is 0 Å². The number of pyridine rings is 1. The molecule has 1 unspecified atom stereocenters. The zero-order valence-electron chi connectivity index (χ0n) is 25.3. The van der Waals surface area contributed by atoms with Crippen LogP contribution in [-0.4, -0.2) is 60.4 Å². The first-order chi connectivity index (χ1) is 21.7. The number of imide groups is 2. The van der Waals surface area contributed by atoms with E-state index in [-0.39, 0.29) is 29.9 Å². The molecule has 2 aliphatic heterocycles. The predicted octanol–water partition coefficient (Wildman–Crippen LogP) is 4.82. The number of rotatable bonds is 8. The molecule has 1 atom stereocenters. The van der Waals surface area contributed by atoms with Gasteiger partial charge in [0.15, 0.2) is 0 Å². The van der Waals surface area contributed by atoms with Gasteiger partial charge in [0.05, 0.1) is 39.6 Å². The molecule has 230 valence electrons. The molecule has 4 amide bonds. The molecule has 1 aromatic carbocycles. The summed E-state index contributed by atoms with van der Waals surface area (Å²) in [5.74, 6) is -1.03. The Kier molecular flexibility index (Phi) is 6.40. The molecule has 2 N–H and O–H groups in total. The van der Waals surface area contributed by atoms with Crippen molar-refractivity contribution in [1.29, 1.82) is 0 Å². The number of carbonyl (C=O) groups is 4. The molecule has 0 spiro atoms. The molecule has 0 bridgehead atoms. The third kappa shape index (κ3) is 4.72. The second kappa shape index (κ2) is 10.4. The van der Waals surface area contributed by atoms with Crippen LogP contribution in [0.4, 0.5) is 5.69 Å². The first-order valence-electron chi connectivity index (χ1n) is 15.9. The summed E-state index contributed by atoms with van der Waals surface area (Å²) in [6, 6.07) is 11.3. The first kappa shape index (κ1) is 27.7. The van der Waals surface area contributed by atoms with E-state index in [1.54, 1.807) is 18.2 Å². The van der Waals surface area contributed by atoms with Crippen molar-refractivity contribution in [2.45, 2.75) is 76.4 Å². The van der Waals surface area contributed by atoms with Crippen molar-refractivity contribution in [1.82, 2.24) is 29.5 Å². The fourth-order valence-corrected chi connectivity index (χ4v) is 7.01. The highest BCUT2D eigenvalue weighted by molar-refractivity contribution is 6.23. The van der Waals surface area contributed by atoms with E-state index in [2.05, 4.69) is 64.3 Å². The molecule has 2 aliphatic carbocycles. The van der Waals surface area contributed by atoms with Crippen LogP contribution in [-0.2, 0) is 9.59 Å². The van der Waals surface area contributed by atoms with E-state index >= 15 is 0 Å². The standard InChI is InChI=1S/C34H35N7O4/c1-18(2)39-12-11-27-28(39)8-7-26(36-27)25-17-40(38-31(25)20-3-4-20)22-13-19(14-22)16-35-21-5-6-23-24(15-21)34(45)41(33(23)44)29-9-10-30(42)37-32(29)43/h5-8,11-12,15,17-20,22,29,35H,3-4,9-10,13-14,16H2,1-2H3,(H,37,42,43)/t19-,22-,29?. The summed E-state index contributed by atoms with van der Waals surface area (Å²) in [6.45, 7) is 5.10. The minimum Gasteiger partial charge on any atom is -0.385 e. The van der Waals surface area contributed by atoms with Crippen LogP contribution in [0, 0.1) is 5.92 Å². The van der Waals surface area contributed by atoms with Gasteiger partial charge in [-0.3, -0.25) is 34.1 Å². The summed E-state index contributed by atoms with van der Waals surface area (Å²) in [4.78, 5) is 56.1. The Labute approximate surface area is 260 Å². The lowest BCUT2D eigenvalue weighted by molar-refractivity contribution is -0.136. The van der Waals surface area contributed by atoms with Gasteiger partial charge < -0.3 is 9.88 Å². The zero-order valence-corrected chi connectivity index (χ0v) is 25.3. The maximum absolute atomic E-state index is 13.2.